The number of fused-ring (bicyclic) bond motifs is 1. The highest BCUT2D eigenvalue weighted by Crippen LogP contribution is 2.33. The van der Waals surface area contributed by atoms with Gasteiger partial charge in [-0.15, -0.1) is 0 Å². The van der Waals surface area contributed by atoms with E-state index < -0.39 is 11.4 Å². The van der Waals surface area contributed by atoms with Gasteiger partial charge in [0.2, 0.25) is 5.91 Å². The van der Waals surface area contributed by atoms with Crippen LogP contribution in [-0.4, -0.2) is 44.7 Å². The number of thiazole rings is 1. The molecule has 1 amide bonds. The van der Waals surface area contributed by atoms with Gasteiger partial charge < -0.3 is 21.5 Å². The van der Waals surface area contributed by atoms with Gasteiger partial charge in [-0.3, -0.25) is 4.79 Å². The minimum absolute atomic E-state index is 0.00619. The van der Waals surface area contributed by atoms with Crippen LogP contribution in [0.4, 0.5) is 10.9 Å². The number of thioether (sulfide) groups is 1. The number of primary amides is 1. The van der Waals surface area contributed by atoms with Gasteiger partial charge in [0.1, 0.15) is 4.70 Å². The third kappa shape index (κ3) is 5.31. The van der Waals surface area contributed by atoms with Crippen LogP contribution in [0.2, 0.25) is 0 Å². The van der Waals surface area contributed by atoms with Crippen LogP contribution in [0.25, 0.3) is 10.3 Å². The fraction of sp³-hybridized carbons (Fsp3) is 0.333. The van der Waals surface area contributed by atoms with Crippen LogP contribution in [0.5, 0.6) is 0 Å². The molecule has 0 atom stereocenters. The number of carbonyl (C=O) groups is 1. The summed E-state index contributed by atoms with van der Waals surface area (Å²) in [4.78, 5) is 24.7. The molecule has 148 valence electrons. The number of hydrogen-bond donors (Lipinski definition) is 4. The maximum atomic E-state index is 11.0. The second-order valence-electron chi connectivity index (χ2n) is 6.79. The quantitative estimate of drug-likeness (QED) is 0.308. The number of hydrogen-bond acceptors (Lipinski definition) is 9. The maximum Gasteiger partial charge on any atom is 0.236 e. The first-order valence-electron chi connectivity index (χ1n) is 8.63. The number of rotatable bonds is 9. The van der Waals surface area contributed by atoms with Crippen molar-refractivity contribution in [3.8, 4) is 0 Å². The van der Waals surface area contributed by atoms with Crippen LogP contribution in [0.3, 0.4) is 0 Å². The Balaban J connectivity index is 1.91. The largest absolute Gasteiger partial charge is 0.394 e. The molecule has 0 spiro atoms. The molecule has 0 bridgehead atoms. The summed E-state index contributed by atoms with van der Waals surface area (Å²) < 4.78 is 0.748. The van der Waals surface area contributed by atoms with Gasteiger partial charge in [0.05, 0.1) is 18.7 Å². The molecule has 0 saturated heterocycles. The number of carbonyl (C=O) groups excluding carboxylic acids is 1. The van der Waals surface area contributed by atoms with Crippen LogP contribution >= 0.6 is 23.1 Å². The van der Waals surface area contributed by atoms with Gasteiger partial charge in [0.25, 0.3) is 0 Å². The fourth-order valence-corrected chi connectivity index (χ4v) is 3.91. The molecule has 2 aromatic heterocycles. The summed E-state index contributed by atoms with van der Waals surface area (Å²) in [6.45, 7) is 3.69. The third-order valence-corrected chi connectivity index (χ3v) is 5.64. The molecule has 8 nitrogen and oxygen atoms in total. The molecule has 2 heterocycles. The maximum absolute atomic E-state index is 11.0. The van der Waals surface area contributed by atoms with Gasteiger partial charge in [-0.25, -0.2) is 9.97 Å². The first-order chi connectivity index (χ1) is 13.4. The Kier molecular flexibility index (Phi) is 6.32. The molecule has 0 unspecified atom stereocenters. The lowest BCUT2D eigenvalue weighted by molar-refractivity contribution is -0.116. The second-order valence-corrected chi connectivity index (χ2v) is 8.73. The number of anilines is 2. The molecule has 10 heteroatoms. The molecule has 0 saturated carbocycles. The smallest absolute Gasteiger partial charge is 0.236 e. The molecule has 5 N–H and O–H groups in total. The molecular formula is C18H22N6O2S2. The van der Waals surface area contributed by atoms with E-state index in [-0.39, 0.29) is 13.2 Å². The molecule has 3 rings (SSSR count). The van der Waals surface area contributed by atoms with Gasteiger partial charge in [0, 0.05) is 5.75 Å². The van der Waals surface area contributed by atoms with Crippen molar-refractivity contribution < 1.29 is 9.90 Å². The highest BCUT2D eigenvalue weighted by Gasteiger charge is 2.21. The van der Waals surface area contributed by atoms with E-state index >= 15 is 0 Å². The first-order valence-corrected chi connectivity index (χ1v) is 10.4. The number of benzene rings is 1. The highest BCUT2D eigenvalue weighted by atomic mass is 32.2. The monoisotopic (exact) mass is 418 g/mol. The summed E-state index contributed by atoms with van der Waals surface area (Å²) in [6, 6.07) is 10.1. The Morgan fingerprint density at radius 1 is 1.25 bits per heavy atom. The summed E-state index contributed by atoms with van der Waals surface area (Å²) >= 11 is 2.84. The molecule has 28 heavy (non-hydrogen) atoms. The molecule has 3 aromatic rings. The van der Waals surface area contributed by atoms with Gasteiger partial charge in [0.15, 0.2) is 21.8 Å². The predicted molar refractivity (Wildman–Crippen MR) is 114 cm³/mol. The number of amides is 1. The highest BCUT2D eigenvalue weighted by molar-refractivity contribution is 7.98. The average Bonchev–Trinajstić information content (AvgIpc) is 3.09. The van der Waals surface area contributed by atoms with Crippen molar-refractivity contribution in [3.63, 3.8) is 0 Å². The van der Waals surface area contributed by atoms with Crippen molar-refractivity contribution in [2.75, 3.05) is 23.8 Å². The van der Waals surface area contributed by atoms with E-state index in [1.807, 2.05) is 44.2 Å². The normalized spacial score (nSPS) is 11.5. The number of aliphatic hydroxyl groups is 1. The molecule has 0 aliphatic heterocycles. The summed E-state index contributed by atoms with van der Waals surface area (Å²) in [7, 11) is 0. The number of nitrogens with zero attached hydrogens (tertiary/aromatic N) is 3. The summed E-state index contributed by atoms with van der Waals surface area (Å²) in [5.41, 5.74) is 6.32. The number of nitrogens with one attached hydrogen (secondary N) is 2. The van der Waals surface area contributed by atoms with Crippen LogP contribution in [-0.2, 0) is 10.5 Å². The Hall–Kier alpha value is -2.43. The van der Waals surface area contributed by atoms with Crippen LogP contribution in [0.15, 0.2) is 35.5 Å². The lowest BCUT2D eigenvalue weighted by atomic mass is 10.1. The lowest BCUT2D eigenvalue weighted by Crippen LogP contribution is -2.35. The molecular weight excluding hydrogens is 396 g/mol. The molecule has 0 fully saturated rings. The topological polar surface area (TPSA) is 126 Å². The van der Waals surface area contributed by atoms with Crippen molar-refractivity contribution in [2.45, 2.75) is 30.3 Å². The first kappa shape index (κ1) is 20.3. The lowest BCUT2D eigenvalue weighted by Gasteiger charge is -2.24. The Morgan fingerprint density at radius 3 is 2.68 bits per heavy atom. The van der Waals surface area contributed by atoms with Gasteiger partial charge in [-0.1, -0.05) is 53.4 Å². The van der Waals surface area contributed by atoms with E-state index in [2.05, 4.69) is 25.6 Å². The molecule has 0 aliphatic carbocycles. The number of aromatic nitrogens is 3. The van der Waals surface area contributed by atoms with E-state index in [4.69, 9.17) is 5.73 Å². The van der Waals surface area contributed by atoms with Gasteiger partial charge in [-0.2, -0.15) is 4.98 Å². The summed E-state index contributed by atoms with van der Waals surface area (Å²) in [6.07, 6.45) is 0. The molecule has 0 radical (unpaired) electrons. The van der Waals surface area contributed by atoms with Crippen molar-refractivity contribution in [1.82, 2.24) is 15.0 Å². The third-order valence-electron chi connectivity index (χ3n) is 3.71. The van der Waals surface area contributed by atoms with Gasteiger partial charge in [-0.05, 0) is 19.4 Å². The summed E-state index contributed by atoms with van der Waals surface area (Å²) in [5.74, 6) is 0.861. The van der Waals surface area contributed by atoms with Crippen LogP contribution < -0.4 is 16.4 Å². The zero-order valence-corrected chi connectivity index (χ0v) is 17.2. The van der Waals surface area contributed by atoms with Crippen molar-refractivity contribution >= 4 is 50.3 Å². The standard InChI is InChI=1S/C18H22N6O2S2/c1-18(2,10-25)24-15-13-14(21-16(28-13)20-8-12(19)26)22-17(23-15)27-9-11-6-4-3-5-7-11/h3-7,25H,8-10H2,1-2H3,(H2,19,26)(H2,20,21,22,23,24). The minimum Gasteiger partial charge on any atom is -0.394 e. The Morgan fingerprint density at radius 2 is 2.00 bits per heavy atom. The van der Waals surface area contributed by atoms with Crippen molar-refractivity contribution in [2.24, 2.45) is 5.73 Å². The minimum atomic E-state index is -0.562. The molecule has 1 aromatic carbocycles. The van der Waals surface area contributed by atoms with Crippen LogP contribution in [0.1, 0.15) is 19.4 Å². The number of nitrogens with two attached hydrogens (primary N) is 1. The summed E-state index contributed by atoms with van der Waals surface area (Å²) in [5, 5.41) is 16.9. The van der Waals surface area contributed by atoms with E-state index in [0.29, 0.717) is 21.8 Å². The van der Waals surface area contributed by atoms with E-state index in [1.165, 1.54) is 28.7 Å². The van der Waals surface area contributed by atoms with Crippen molar-refractivity contribution in [1.29, 1.82) is 0 Å². The van der Waals surface area contributed by atoms with Crippen molar-refractivity contribution in [3.05, 3.63) is 35.9 Å². The zero-order chi connectivity index (χ0) is 20.1. The van der Waals surface area contributed by atoms with E-state index in [1.54, 1.807) is 0 Å². The second kappa shape index (κ2) is 8.72. The van der Waals surface area contributed by atoms with Gasteiger partial charge >= 0.3 is 0 Å². The van der Waals surface area contributed by atoms with Crippen LogP contribution in [0, 0.1) is 0 Å². The van der Waals surface area contributed by atoms with E-state index in [0.717, 1.165) is 10.5 Å². The van der Waals surface area contributed by atoms with E-state index in [9.17, 15) is 9.90 Å². The molecule has 0 aliphatic rings. The predicted octanol–water partition coefficient (Wildman–Crippen LogP) is 2.46. The fourth-order valence-electron chi connectivity index (χ4n) is 2.27. The average molecular weight is 419 g/mol. The SMILES string of the molecule is CC(C)(CO)Nc1nc(SCc2ccccc2)nc2nc(NCC(N)=O)sc12. The zero-order valence-electron chi connectivity index (χ0n) is 15.6. The Labute approximate surface area is 171 Å². The number of aliphatic hydroxyl groups excluding tert-OH is 1. The Bertz CT molecular complexity index is 961.